The van der Waals surface area contributed by atoms with Crippen molar-refractivity contribution in [3.63, 3.8) is 0 Å². The third kappa shape index (κ3) is 5.10. The lowest BCUT2D eigenvalue weighted by atomic mass is 10.2. The number of carboxylic acid groups (broad SMARTS) is 1. The highest BCUT2D eigenvalue weighted by atomic mass is 16.5. The number of carbonyl (C=O) groups excluding carboxylic acids is 1. The first-order valence-electron chi connectivity index (χ1n) is 5.03. The first-order valence-corrected chi connectivity index (χ1v) is 5.03. The van der Waals surface area contributed by atoms with Crippen molar-refractivity contribution in [1.82, 2.24) is 10.4 Å². The topological polar surface area (TPSA) is 89.9 Å². The summed E-state index contributed by atoms with van der Waals surface area (Å²) in [5.41, 5.74) is 2.38. The van der Waals surface area contributed by atoms with E-state index < -0.39 is 11.9 Å². The van der Waals surface area contributed by atoms with Gasteiger partial charge in [0.15, 0.2) is 0 Å². The molecule has 0 radical (unpaired) electrons. The van der Waals surface area contributed by atoms with Gasteiger partial charge in [-0.2, -0.15) is 0 Å². The molecular formula is C11H14N2O4. The largest absolute Gasteiger partial charge is 0.480 e. The Balaban J connectivity index is 2.63. The van der Waals surface area contributed by atoms with E-state index in [2.05, 4.69) is 0 Å². The van der Waals surface area contributed by atoms with Crippen molar-refractivity contribution in [2.24, 2.45) is 0 Å². The molecule has 6 heteroatoms. The molecule has 17 heavy (non-hydrogen) atoms. The number of carbonyl (C=O) groups is 2. The van der Waals surface area contributed by atoms with Crippen LogP contribution in [0.25, 0.3) is 0 Å². The third-order valence-electron chi connectivity index (χ3n) is 2.10. The molecule has 0 saturated heterocycles. The molecule has 0 fully saturated rings. The van der Waals surface area contributed by atoms with Gasteiger partial charge in [-0.05, 0) is 5.56 Å². The second-order valence-corrected chi connectivity index (χ2v) is 3.56. The smallest absolute Gasteiger partial charge is 0.317 e. The highest BCUT2D eigenvalue weighted by molar-refractivity contribution is 5.77. The fraction of sp³-hybridized carbons (Fsp3) is 0.273. The van der Waals surface area contributed by atoms with Crippen LogP contribution in [0.3, 0.4) is 0 Å². The van der Waals surface area contributed by atoms with Gasteiger partial charge in [0, 0.05) is 6.54 Å². The van der Waals surface area contributed by atoms with Crippen molar-refractivity contribution < 1.29 is 19.9 Å². The molecule has 6 nitrogen and oxygen atoms in total. The monoisotopic (exact) mass is 238 g/mol. The quantitative estimate of drug-likeness (QED) is 0.482. The van der Waals surface area contributed by atoms with Gasteiger partial charge in [-0.15, -0.1) is 0 Å². The standard InChI is InChI=1S/C11H14N2O4/c14-10(12-17)7-13(8-11(15)16)6-9-4-2-1-3-5-9/h1-5,17H,6-8H2,(H,12,14)(H,15,16). The summed E-state index contributed by atoms with van der Waals surface area (Å²) in [5, 5.41) is 17.1. The van der Waals surface area contributed by atoms with Crippen molar-refractivity contribution in [1.29, 1.82) is 0 Å². The predicted molar refractivity (Wildman–Crippen MR) is 59.3 cm³/mol. The second-order valence-electron chi connectivity index (χ2n) is 3.56. The zero-order chi connectivity index (χ0) is 12.7. The molecule has 0 saturated carbocycles. The van der Waals surface area contributed by atoms with Gasteiger partial charge >= 0.3 is 5.97 Å². The molecule has 1 aromatic rings. The van der Waals surface area contributed by atoms with Crippen LogP contribution in [0.15, 0.2) is 30.3 Å². The Hall–Kier alpha value is -1.92. The number of nitrogens with zero attached hydrogens (tertiary/aromatic N) is 1. The zero-order valence-corrected chi connectivity index (χ0v) is 9.17. The Bertz CT molecular complexity index is 380. The maximum Gasteiger partial charge on any atom is 0.317 e. The molecule has 0 atom stereocenters. The number of benzene rings is 1. The lowest BCUT2D eigenvalue weighted by molar-refractivity contribution is -0.139. The Labute approximate surface area is 98.4 Å². The molecule has 0 aromatic heterocycles. The van der Waals surface area contributed by atoms with E-state index in [0.717, 1.165) is 5.56 Å². The first kappa shape index (κ1) is 13.1. The Morgan fingerprint density at radius 3 is 2.35 bits per heavy atom. The summed E-state index contributed by atoms with van der Waals surface area (Å²) in [5.74, 6) is -1.66. The SMILES string of the molecule is O=C(O)CN(CC(=O)NO)Cc1ccccc1. The maximum atomic E-state index is 11.0. The van der Waals surface area contributed by atoms with Gasteiger partial charge in [0.2, 0.25) is 0 Å². The maximum absolute atomic E-state index is 11.0. The van der Waals surface area contributed by atoms with Crippen LogP contribution in [0.5, 0.6) is 0 Å². The van der Waals surface area contributed by atoms with Gasteiger partial charge in [-0.25, -0.2) is 5.48 Å². The Morgan fingerprint density at radius 2 is 1.82 bits per heavy atom. The van der Waals surface area contributed by atoms with Gasteiger partial charge in [0.05, 0.1) is 13.1 Å². The Morgan fingerprint density at radius 1 is 1.18 bits per heavy atom. The highest BCUT2D eigenvalue weighted by Gasteiger charge is 2.13. The van der Waals surface area contributed by atoms with Crippen LogP contribution >= 0.6 is 0 Å². The lowest BCUT2D eigenvalue weighted by Crippen LogP contribution is -2.38. The van der Waals surface area contributed by atoms with Crippen LogP contribution in [0.1, 0.15) is 5.56 Å². The molecule has 1 amide bonds. The number of amides is 1. The minimum atomic E-state index is -1.02. The molecule has 0 spiro atoms. The van der Waals surface area contributed by atoms with E-state index in [4.69, 9.17) is 10.3 Å². The molecule has 0 heterocycles. The average molecular weight is 238 g/mol. The summed E-state index contributed by atoms with van der Waals surface area (Å²) in [6.07, 6.45) is 0. The average Bonchev–Trinajstić information content (AvgIpc) is 2.29. The fourth-order valence-corrected chi connectivity index (χ4v) is 1.44. The molecule has 0 unspecified atom stereocenters. The molecule has 0 aliphatic rings. The highest BCUT2D eigenvalue weighted by Crippen LogP contribution is 2.03. The van der Waals surface area contributed by atoms with Crippen molar-refractivity contribution >= 4 is 11.9 Å². The normalized spacial score (nSPS) is 10.2. The number of nitrogens with one attached hydrogen (secondary N) is 1. The van der Waals surface area contributed by atoms with Gasteiger partial charge in [0.25, 0.3) is 5.91 Å². The molecule has 0 aliphatic carbocycles. The first-order chi connectivity index (χ1) is 8.11. The minimum Gasteiger partial charge on any atom is -0.480 e. The molecule has 0 bridgehead atoms. The van der Waals surface area contributed by atoms with Gasteiger partial charge in [0.1, 0.15) is 0 Å². The summed E-state index contributed by atoms with van der Waals surface area (Å²) in [4.78, 5) is 23.1. The van der Waals surface area contributed by atoms with Crippen molar-refractivity contribution in [3.8, 4) is 0 Å². The van der Waals surface area contributed by atoms with Crippen LogP contribution < -0.4 is 5.48 Å². The second kappa shape index (κ2) is 6.62. The predicted octanol–water partition coefficient (Wildman–Crippen LogP) is 0.0786. The Kier molecular flexibility index (Phi) is 5.12. The van der Waals surface area contributed by atoms with Gasteiger partial charge in [-0.1, -0.05) is 30.3 Å². The van der Waals surface area contributed by atoms with E-state index in [-0.39, 0.29) is 13.1 Å². The lowest BCUT2D eigenvalue weighted by Gasteiger charge is -2.18. The third-order valence-corrected chi connectivity index (χ3v) is 2.10. The van der Waals surface area contributed by atoms with Crippen LogP contribution in [-0.4, -0.2) is 40.2 Å². The number of rotatable bonds is 6. The van der Waals surface area contributed by atoms with Crippen LogP contribution in [0.4, 0.5) is 0 Å². The van der Waals surface area contributed by atoms with Gasteiger partial charge < -0.3 is 5.11 Å². The molecule has 3 N–H and O–H groups in total. The summed E-state index contributed by atoms with van der Waals surface area (Å²) in [6, 6.07) is 9.20. The minimum absolute atomic E-state index is 0.169. The van der Waals surface area contributed by atoms with Crippen molar-refractivity contribution in [2.75, 3.05) is 13.1 Å². The fourth-order valence-electron chi connectivity index (χ4n) is 1.44. The molecule has 0 aliphatic heterocycles. The molecule has 1 aromatic carbocycles. The van der Waals surface area contributed by atoms with E-state index in [1.54, 1.807) is 0 Å². The number of hydrogen-bond donors (Lipinski definition) is 3. The summed E-state index contributed by atoms with van der Waals surface area (Å²) in [6.45, 7) is -0.0967. The summed E-state index contributed by atoms with van der Waals surface area (Å²) < 4.78 is 0. The van der Waals surface area contributed by atoms with E-state index in [1.807, 2.05) is 30.3 Å². The van der Waals surface area contributed by atoms with E-state index in [1.165, 1.54) is 10.4 Å². The van der Waals surface area contributed by atoms with Crippen LogP contribution in [0, 0.1) is 0 Å². The van der Waals surface area contributed by atoms with Gasteiger partial charge in [-0.3, -0.25) is 19.7 Å². The van der Waals surface area contributed by atoms with Crippen molar-refractivity contribution in [2.45, 2.75) is 6.54 Å². The summed E-state index contributed by atoms with van der Waals surface area (Å²) in [7, 11) is 0. The molecule has 92 valence electrons. The number of carboxylic acids is 1. The zero-order valence-electron chi connectivity index (χ0n) is 9.17. The van der Waals surface area contributed by atoms with Crippen molar-refractivity contribution in [3.05, 3.63) is 35.9 Å². The number of hydrogen-bond acceptors (Lipinski definition) is 4. The number of hydroxylamine groups is 1. The number of aliphatic carboxylic acids is 1. The summed E-state index contributed by atoms with van der Waals surface area (Å²) >= 11 is 0. The molecule has 1 rings (SSSR count). The van der Waals surface area contributed by atoms with Crippen LogP contribution in [-0.2, 0) is 16.1 Å². The van der Waals surface area contributed by atoms with E-state index in [9.17, 15) is 9.59 Å². The van der Waals surface area contributed by atoms with E-state index in [0.29, 0.717) is 6.54 Å². The van der Waals surface area contributed by atoms with E-state index >= 15 is 0 Å². The molecular weight excluding hydrogens is 224 g/mol. The van der Waals surface area contributed by atoms with Crippen LogP contribution in [0.2, 0.25) is 0 Å².